The van der Waals surface area contributed by atoms with Crippen molar-refractivity contribution in [3.05, 3.63) is 0 Å². The van der Waals surface area contributed by atoms with Gasteiger partial charge < -0.3 is 10.1 Å². The molecule has 0 saturated heterocycles. The van der Waals surface area contributed by atoms with Gasteiger partial charge in [-0.3, -0.25) is 0 Å². The Kier molecular flexibility index (Phi) is 8.57. The maximum absolute atomic E-state index is 4.99. The van der Waals surface area contributed by atoms with Crippen molar-refractivity contribution >= 4 is 11.8 Å². The Morgan fingerprint density at radius 3 is 2.82 bits per heavy atom. The molecule has 2 nitrogen and oxygen atoms in total. The fourth-order valence-electron chi connectivity index (χ4n) is 0.874. The van der Waals surface area contributed by atoms with Crippen LogP contribution in [-0.2, 0) is 4.74 Å². The molecule has 0 aliphatic rings. The zero-order valence-corrected chi connectivity index (χ0v) is 8.54. The third-order valence-electron chi connectivity index (χ3n) is 1.43. The van der Waals surface area contributed by atoms with Gasteiger partial charge in [-0.2, -0.15) is 11.8 Å². The number of nitrogens with one attached hydrogen (secondary N) is 1. The van der Waals surface area contributed by atoms with E-state index in [1.807, 2.05) is 11.8 Å². The second kappa shape index (κ2) is 8.37. The fraction of sp³-hybridized carbons (Fsp3) is 1.00. The molecule has 1 atom stereocenters. The van der Waals surface area contributed by atoms with Crippen molar-refractivity contribution in [3.63, 3.8) is 0 Å². The lowest BCUT2D eigenvalue weighted by Crippen LogP contribution is -2.31. The fourth-order valence-corrected chi connectivity index (χ4v) is 1.31. The normalized spacial score (nSPS) is 13.4. The van der Waals surface area contributed by atoms with Crippen molar-refractivity contribution in [1.29, 1.82) is 0 Å². The molecule has 0 fully saturated rings. The van der Waals surface area contributed by atoms with Gasteiger partial charge in [-0.25, -0.2) is 0 Å². The van der Waals surface area contributed by atoms with Crippen LogP contribution in [0.25, 0.3) is 0 Å². The van der Waals surface area contributed by atoms with Gasteiger partial charge in [-0.15, -0.1) is 0 Å². The molecule has 0 heterocycles. The lowest BCUT2D eigenvalue weighted by molar-refractivity contribution is 0.172. The van der Waals surface area contributed by atoms with E-state index in [4.69, 9.17) is 4.74 Å². The molecule has 0 aliphatic heterocycles. The highest BCUT2D eigenvalue weighted by Gasteiger charge is 1.97. The summed E-state index contributed by atoms with van der Waals surface area (Å²) in [5, 5.41) is 3.38. The van der Waals surface area contributed by atoms with Gasteiger partial charge >= 0.3 is 0 Å². The molecule has 3 heteroatoms. The van der Waals surface area contributed by atoms with Crippen LogP contribution in [0.15, 0.2) is 0 Å². The van der Waals surface area contributed by atoms with Gasteiger partial charge in [-0.1, -0.05) is 0 Å². The predicted octanol–water partition coefficient (Wildman–Crippen LogP) is 1.36. The van der Waals surface area contributed by atoms with E-state index in [-0.39, 0.29) is 0 Å². The first kappa shape index (κ1) is 11.3. The summed E-state index contributed by atoms with van der Waals surface area (Å²) in [6, 6.07) is 0.488. The lowest BCUT2D eigenvalue weighted by Gasteiger charge is -2.11. The Bertz CT molecular complexity index is 80.5. The quantitative estimate of drug-likeness (QED) is 0.593. The summed E-state index contributed by atoms with van der Waals surface area (Å²) < 4.78 is 4.99. The smallest absolute Gasteiger partial charge is 0.0613 e. The van der Waals surface area contributed by atoms with Crippen LogP contribution < -0.4 is 5.32 Å². The molecular formula is C8H19NOS. The Balaban J connectivity index is 2.97. The van der Waals surface area contributed by atoms with Crippen molar-refractivity contribution in [2.45, 2.75) is 19.4 Å². The van der Waals surface area contributed by atoms with Crippen LogP contribution in [0, 0.1) is 0 Å². The zero-order valence-electron chi connectivity index (χ0n) is 7.72. The molecule has 0 spiro atoms. The van der Waals surface area contributed by atoms with E-state index in [9.17, 15) is 0 Å². The maximum atomic E-state index is 4.99. The minimum atomic E-state index is 0.488. The predicted molar refractivity (Wildman–Crippen MR) is 52.3 cm³/mol. The molecule has 0 unspecified atom stereocenters. The minimum absolute atomic E-state index is 0.488. The summed E-state index contributed by atoms with van der Waals surface area (Å²) in [5.74, 6) is 1.24. The van der Waals surface area contributed by atoms with E-state index in [1.54, 1.807) is 7.11 Å². The summed E-state index contributed by atoms with van der Waals surface area (Å²) in [4.78, 5) is 0. The first-order valence-electron chi connectivity index (χ1n) is 4.02. The van der Waals surface area contributed by atoms with E-state index >= 15 is 0 Å². The van der Waals surface area contributed by atoms with Gasteiger partial charge in [-0.05, 0) is 31.9 Å². The van der Waals surface area contributed by atoms with Crippen molar-refractivity contribution in [1.82, 2.24) is 5.32 Å². The second-order valence-electron chi connectivity index (χ2n) is 2.66. The Morgan fingerprint density at radius 1 is 1.55 bits per heavy atom. The largest absolute Gasteiger partial charge is 0.383 e. The average molecular weight is 177 g/mol. The molecule has 0 amide bonds. The number of thioether (sulfide) groups is 1. The van der Waals surface area contributed by atoms with E-state index in [0.717, 1.165) is 13.2 Å². The van der Waals surface area contributed by atoms with Crippen LogP contribution in [0.1, 0.15) is 13.3 Å². The Hall–Kier alpha value is 0.270. The number of hydrogen-bond donors (Lipinski definition) is 1. The highest BCUT2D eigenvalue weighted by molar-refractivity contribution is 7.98. The summed E-state index contributed by atoms with van der Waals surface area (Å²) in [5.41, 5.74) is 0. The van der Waals surface area contributed by atoms with Gasteiger partial charge in [0.2, 0.25) is 0 Å². The third-order valence-corrected chi connectivity index (χ3v) is 2.13. The minimum Gasteiger partial charge on any atom is -0.383 e. The van der Waals surface area contributed by atoms with E-state index in [2.05, 4.69) is 18.5 Å². The number of rotatable bonds is 7. The van der Waals surface area contributed by atoms with E-state index in [0.29, 0.717) is 6.04 Å². The number of ether oxygens (including phenoxy) is 1. The molecule has 0 aromatic carbocycles. The van der Waals surface area contributed by atoms with Crippen LogP contribution >= 0.6 is 11.8 Å². The van der Waals surface area contributed by atoms with Gasteiger partial charge in [0.25, 0.3) is 0 Å². The summed E-state index contributed by atoms with van der Waals surface area (Å²) in [6.07, 6.45) is 3.38. The van der Waals surface area contributed by atoms with Crippen LogP contribution in [0.5, 0.6) is 0 Å². The second-order valence-corrected chi connectivity index (χ2v) is 3.64. The molecule has 0 rings (SSSR count). The van der Waals surface area contributed by atoms with Gasteiger partial charge in [0, 0.05) is 13.2 Å². The molecule has 0 radical (unpaired) electrons. The van der Waals surface area contributed by atoms with Gasteiger partial charge in [0.15, 0.2) is 0 Å². The molecule has 1 N–H and O–H groups in total. The molecule has 0 aromatic heterocycles. The maximum Gasteiger partial charge on any atom is 0.0613 e. The molecule has 0 aromatic rings. The molecule has 11 heavy (non-hydrogen) atoms. The van der Waals surface area contributed by atoms with Crippen LogP contribution in [-0.4, -0.2) is 38.3 Å². The zero-order chi connectivity index (χ0) is 8.53. The SMILES string of the molecule is COC[C@H](C)NCCCSC. The van der Waals surface area contributed by atoms with Crippen LogP contribution in [0.3, 0.4) is 0 Å². The van der Waals surface area contributed by atoms with E-state index in [1.165, 1.54) is 12.2 Å². The van der Waals surface area contributed by atoms with Crippen molar-refractivity contribution < 1.29 is 4.74 Å². The van der Waals surface area contributed by atoms with Gasteiger partial charge in [0.1, 0.15) is 0 Å². The topological polar surface area (TPSA) is 21.3 Å². The molecule has 68 valence electrons. The van der Waals surface area contributed by atoms with Crippen molar-refractivity contribution in [2.24, 2.45) is 0 Å². The Labute approximate surface area is 74.1 Å². The van der Waals surface area contributed by atoms with Gasteiger partial charge in [0.05, 0.1) is 6.61 Å². The molecule has 0 aliphatic carbocycles. The van der Waals surface area contributed by atoms with Crippen LogP contribution in [0.2, 0.25) is 0 Å². The molecular weight excluding hydrogens is 158 g/mol. The first-order valence-corrected chi connectivity index (χ1v) is 5.42. The standard InChI is InChI=1S/C8H19NOS/c1-8(7-10-2)9-5-4-6-11-3/h8-9H,4-7H2,1-3H3/t8-/m0/s1. The number of methoxy groups -OCH3 is 1. The van der Waals surface area contributed by atoms with Crippen molar-refractivity contribution in [3.8, 4) is 0 Å². The summed E-state index contributed by atoms with van der Waals surface area (Å²) in [7, 11) is 1.74. The Morgan fingerprint density at radius 2 is 2.27 bits per heavy atom. The molecule has 0 bridgehead atoms. The van der Waals surface area contributed by atoms with E-state index < -0.39 is 0 Å². The van der Waals surface area contributed by atoms with Crippen molar-refractivity contribution in [2.75, 3.05) is 32.3 Å². The average Bonchev–Trinajstić information content (AvgIpc) is 1.99. The molecule has 0 saturated carbocycles. The number of hydrogen-bond acceptors (Lipinski definition) is 3. The monoisotopic (exact) mass is 177 g/mol. The third kappa shape index (κ3) is 8.17. The summed E-state index contributed by atoms with van der Waals surface area (Å²) in [6.45, 7) is 4.05. The van der Waals surface area contributed by atoms with Crippen LogP contribution in [0.4, 0.5) is 0 Å². The summed E-state index contributed by atoms with van der Waals surface area (Å²) >= 11 is 1.90. The highest BCUT2D eigenvalue weighted by Crippen LogP contribution is 1.93. The highest BCUT2D eigenvalue weighted by atomic mass is 32.2. The lowest BCUT2D eigenvalue weighted by atomic mass is 10.3. The first-order chi connectivity index (χ1) is 5.31.